The first kappa shape index (κ1) is 24.4. The van der Waals surface area contributed by atoms with Gasteiger partial charge in [-0.2, -0.15) is 0 Å². The van der Waals surface area contributed by atoms with Crippen LogP contribution in [0.5, 0.6) is 0 Å². The average molecular weight is 446 g/mol. The van der Waals surface area contributed by atoms with E-state index in [0.29, 0.717) is 18.7 Å². The molecule has 2 rings (SSSR count). The molecule has 0 unspecified atom stereocenters. The minimum absolute atomic E-state index is 0.131. The lowest BCUT2D eigenvalue weighted by Gasteiger charge is -2.29. The van der Waals surface area contributed by atoms with E-state index in [2.05, 4.69) is 5.32 Å². The Hall–Kier alpha value is -2.87. The molecule has 2 amide bonds. The Labute approximate surface area is 185 Å². The molecule has 8 heteroatoms. The highest BCUT2D eigenvalue weighted by atomic mass is 32.2. The van der Waals surface area contributed by atoms with Crippen molar-refractivity contribution in [1.82, 2.24) is 10.2 Å². The summed E-state index contributed by atoms with van der Waals surface area (Å²) in [7, 11) is -1.94. The van der Waals surface area contributed by atoms with Crippen molar-refractivity contribution in [2.75, 3.05) is 24.2 Å². The molecule has 1 N–H and O–H groups in total. The number of rotatable bonds is 10. The highest BCUT2D eigenvalue weighted by Gasteiger charge is 2.26. The van der Waals surface area contributed by atoms with Crippen LogP contribution in [-0.2, 0) is 26.2 Å². The third-order valence-corrected chi connectivity index (χ3v) is 6.24. The second kappa shape index (κ2) is 10.9. The molecule has 0 aliphatic carbocycles. The highest BCUT2D eigenvalue weighted by Crippen LogP contribution is 2.18. The minimum atomic E-state index is -3.48. The second-order valence-corrected chi connectivity index (χ2v) is 9.48. The molecule has 168 valence electrons. The van der Waals surface area contributed by atoms with Gasteiger partial charge in [-0.15, -0.1) is 0 Å². The molecule has 0 heterocycles. The number of benzene rings is 2. The lowest BCUT2D eigenvalue weighted by molar-refractivity contribution is -0.140. The van der Waals surface area contributed by atoms with E-state index in [1.165, 1.54) is 11.4 Å². The van der Waals surface area contributed by atoms with Crippen molar-refractivity contribution in [1.29, 1.82) is 0 Å². The van der Waals surface area contributed by atoms with E-state index in [1.807, 2.05) is 37.3 Å². The molecule has 0 aliphatic heterocycles. The van der Waals surface area contributed by atoms with Gasteiger partial charge in [0.1, 0.15) is 6.04 Å². The first-order valence-corrected chi connectivity index (χ1v) is 12.1. The van der Waals surface area contributed by atoms with Crippen LogP contribution >= 0.6 is 0 Å². The van der Waals surface area contributed by atoms with Crippen LogP contribution in [0.1, 0.15) is 30.9 Å². The van der Waals surface area contributed by atoms with Gasteiger partial charge in [0.15, 0.2) is 0 Å². The maximum atomic E-state index is 13.0. The minimum Gasteiger partial charge on any atom is -0.357 e. The predicted octanol–water partition coefficient (Wildman–Crippen LogP) is 2.70. The van der Waals surface area contributed by atoms with E-state index in [1.54, 1.807) is 36.1 Å². The fraction of sp³-hybridized carbons (Fsp3) is 0.391. The van der Waals surface area contributed by atoms with Crippen molar-refractivity contribution in [2.24, 2.45) is 0 Å². The average Bonchev–Trinajstić information content (AvgIpc) is 2.73. The quantitative estimate of drug-likeness (QED) is 0.609. The molecule has 2 aromatic rings. The molecular formula is C23H31N3O4S. The number of hydrogen-bond donors (Lipinski definition) is 1. The largest absolute Gasteiger partial charge is 0.357 e. The van der Waals surface area contributed by atoms with Gasteiger partial charge in [-0.05, 0) is 38.0 Å². The van der Waals surface area contributed by atoms with E-state index < -0.39 is 16.1 Å². The Bertz CT molecular complexity index is 993. The maximum absolute atomic E-state index is 13.0. The predicted molar refractivity (Wildman–Crippen MR) is 123 cm³/mol. The van der Waals surface area contributed by atoms with Gasteiger partial charge in [0.2, 0.25) is 21.8 Å². The summed E-state index contributed by atoms with van der Waals surface area (Å²) in [6, 6.07) is 16.0. The van der Waals surface area contributed by atoms with Crippen LogP contribution in [-0.4, -0.2) is 51.0 Å². The van der Waals surface area contributed by atoms with Gasteiger partial charge in [-0.25, -0.2) is 8.42 Å². The number of anilines is 1. The molecule has 0 aliphatic rings. The first-order valence-electron chi connectivity index (χ1n) is 10.2. The number of nitrogens with one attached hydrogen (secondary N) is 1. The molecule has 31 heavy (non-hydrogen) atoms. The third-order valence-electron chi connectivity index (χ3n) is 5.05. The van der Waals surface area contributed by atoms with Crippen molar-refractivity contribution in [3.8, 4) is 0 Å². The summed E-state index contributed by atoms with van der Waals surface area (Å²) in [6.07, 6.45) is 1.62. The Balaban J connectivity index is 2.12. The van der Waals surface area contributed by atoms with Crippen molar-refractivity contribution in [3.63, 3.8) is 0 Å². The summed E-state index contributed by atoms with van der Waals surface area (Å²) in [5.74, 6) is -0.442. The molecule has 0 aromatic heterocycles. The lowest BCUT2D eigenvalue weighted by Crippen LogP contribution is -2.46. The van der Waals surface area contributed by atoms with Crippen LogP contribution in [0.15, 0.2) is 54.6 Å². The summed E-state index contributed by atoms with van der Waals surface area (Å²) < 4.78 is 25.8. The molecule has 0 spiro atoms. The number of sulfonamides is 1. The van der Waals surface area contributed by atoms with Crippen molar-refractivity contribution >= 4 is 27.5 Å². The fourth-order valence-electron chi connectivity index (χ4n) is 3.40. The van der Waals surface area contributed by atoms with Gasteiger partial charge >= 0.3 is 0 Å². The van der Waals surface area contributed by atoms with Gasteiger partial charge in [-0.1, -0.05) is 48.0 Å². The van der Waals surface area contributed by atoms with Crippen molar-refractivity contribution in [2.45, 2.75) is 39.3 Å². The zero-order valence-corrected chi connectivity index (χ0v) is 19.4. The Kier molecular flexibility index (Phi) is 8.62. The first-order chi connectivity index (χ1) is 14.6. The van der Waals surface area contributed by atoms with Gasteiger partial charge < -0.3 is 10.2 Å². The molecular weight excluding hydrogens is 414 g/mol. The van der Waals surface area contributed by atoms with E-state index in [0.717, 1.165) is 17.4 Å². The van der Waals surface area contributed by atoms with E-state index >= 15 is 0 Å². The van der Waals surface area contributed by atoms with Crippen LogP contribution in [0.3, 0.4) is 0 Å². The van der Waals surface area contributed by atoms with E-state index in [4.69, 9.17) is 0 Å². The monoisotopic (exact) mass is 445 g/mol. The van der Waals surface area contributed by atoms with Gasteiger partial charge in [-0.3, -0.25) is 13.9 Å². The Morgan fingerprint density at radius 1 is 1.06 bits per heavy atom. The number of para-hydroxylation sites is 1. The van der Waals surface area contributed by atoms with Crippen LogP contribution < -0.4 is 9.62 Å². The zero-order valence-electron chi connectivity index (χ0n) is 18.5. The molecule has 0 saturated carbocycles. The van der Waals surface area contributed by atoms with Gasteiger partial charge in [0.25, 0.3) is 0 Å². The molecule has 0 saturated heterocycles. The fourth-order valence-corrected chi connectivity index (χ4v) is 4.36. The number of carbonyl (C=O) groups is 2. The topological polar surface area (TPSA) is 86.8 Å². The summed E-state index contributed by atoms with van der Waals surface area (Å²) in [5.41, 5.74) is 2.57. The second-order valence-electron chi connectivity index (χ2n) is 7.58. The van der Waals surface area contributed by atoms with Crippen molar-refractivity contribution in [3.05, 3.63) is 65.7 Å². The normalized spacial score (nSPS) is 12.1. The SMILES string of the molecule is CNC(=O)[C@@H](C)N(Cc1cccc(C)c1)C(=O)CCCN(c1ccccc1)S(C)(=O)=O. The smallest absolute Gasteiger partial charge is 0.242 e. The van der Waals surface area contributed by atoms with E-state index in [9.17, 15) is 18.0 Å². The van der Waals surface area contributed by atoms with Crippen LogP contribution in [0.25, 0.3) is 0 Å². The zero-order chi connectivity index (χ0) is 23.0. The van der Waals surface area contributed by atoms with Crippen molar-refractivity contribution < 1.29 is 18.0 Å². The number of hydrogen-bond acceptors (Lipinski definition) is 4. The van der Waals surface area contributed by atoms with Gasteiger partial charge in [0.05, 0.1) is 11.9 Å². The van der Waals surface area contributed by atoms with E-state index in [-0.39, 0.29) is 24.8 Å². The number of aryl methyl sites for hydroxylation is 1. The molecule has 1 atom stereocenters. The Morgan fingerprint density at radius 2 is 1.74 bits per heavy atom. The lowest BCUT2D eigenvalue weighted by atomic mass is 10.1. The molecule has 0 bridgehead atoms. The Morgan fingerprint density at radius 3 is 2.32 bits per heavy atom. The number of likely N-dealkylation sites (N-methyl/N-ethyl adjacent to an activating group) is 1. The number of amides is 2. The molecule has 7 nitrogen and oxygen atoms in total. The summed E-state index contributed by atoms with van der Waals surface area (Å²) in [4.78, 5) is 26.8. The molecule has 0 fully saturated rings. The van der Waals surface area contributed by atoms with Gasteiger partial charge in [0, 0.05) is 26.6 Å². The molecule has 0 radical (unpaired) electrons. The van der Waals surface area contributed by atoms with Crippen LogP contribution in [0, 0.1) is 6.92 Å². The standard InChI is InChI=1S/C23H31N3O4S/c1-18-10-8-11-20(16-18)17-25(19(2)23(28)24-3)22(27)14-9-15-26(31(4,29)30)21-12-6-5-7-13-21/h5-8,10-13,16,19H,9,14-15,17H2,1-4H3,(H,24,28)/t19-/m1/s1. The maximum Gasteiger partial charge on any atom is 0.242 e. The number of nitrogens with zero attached hydrogens (tertiary/aromatic N) is 2. The summed E-state index contributed by atoms with van der Waals surface area (Å²) in [5, 5.41) is 2.59. The molecule has 2 aromatic carbocycles. The highest BCUT2D eigenvalue weighted by molar-refractivity contribution is 7.92. The van der Waals surface area contributed by atoms with Crippen LogP contribution in [0.4, 0.5) is 5.69 Å². The third kappa shape index (κ3) is 7.10. The number of carbonyl (C=O) groups excluding carboxylic acids is 2. The van der Waals surface area contributed by atoms with Crippen LogP contribution in [0.2, 0.25) is 0 Å². The summed E-state index contributed by atoms with van der Waals surface area (Å²) in [6.45, 7) is 4.16. The summed E-state index contributed by atoms with van der Waals surface area (Å²) >= 11 is 0.